The lowest BCUT2D eigenvalue weighted by atomic mass is 10.0. The molecule has 3 nitrogen and oxygen atoms in total. The van der Waals surface area contributed by atoms with Crippen molar-refractivity contribution in [2.24, 2.45) is 5.73 Å². The van der Waals surface area contributed by atoms with Crippen LogP contribution in [-0.2, 0) is 6.42 Å². The second-order valence-corrected chi connectivity index (χ2v) is 3.77. The van der Waals surface area contributed by atoms with E-state index < -0.39 is 6.10 Å². The molecule has 15 heavy (non-hydrogen) atoms. The summed E-state index contributed by atoms with van der Waals surface area (Å²) in [6.07, 6.45) is 0.985. The molecule has 0 amide bonds. The third-order valence-corrected chi connectivity index (χ3v) is 2.42. The molecule has 0 heterocycles. The maximum Gasteiger partial charge on any atom is 0.0991 e. The molecule has 1 aromatic carbocycles. The lowest BCUT2D eigenvalue weighted by Crippen LogP contribution is -2.31. The van der Waals surface area contributed by atoms with Gasteiger partial charge < -0.3 is 10.8 Å². The van der Waals surface area contributed by atoms with Crippen LogP contribution in [0.25, 0.3) is 0 Å². The van der Waals surface area contributed by atoms with Crippen molar-refractivity contribution in [2.45, 2.75) is 31.9 Å². The molecule has 80 valence electrons. The Hall–Kier alpha value is -1.37. The number of hydrogen-bond acceptors (Lipinski definition) is 3. The lowest BCUT2D eigenvalue weighted by molar-refractivity contribution is 0.141. The highest BCUT2D eigenvalue weighted by Gasteiger charge is 2.08. The van der Waals surface area contributed by atoms with Crippen LogP contribution < -0.4 is 5.73 Å². The highest BCUT2D eigenvalue weighted by molar-refractivity contribution is 5.31. The smallest absolute Gasteiger partial charge is 0.0991 e. The van der Waals surface area contributed by atoms with Crippen LogP contribution in [-0.4, -0.2) is 17.3 Å². The molecule has 0 bridgehead atoms. The van der Waals surface area contributed by atoms with Crippen LogP contribution >= 0.6 is 0 Å². The molecule has 3 N–H and O–H groups in total. The van der Waals surface area contributed by atoms with Gasteiger partial charge in [0.15, 0.2) is 0 Å². The summed E-state index contributed by atoms with van der Waals surface area (Å²) in [7, 11) is 0. The van der Waals surface area contributed by atoms with E-state index in [2.05, 4.69) is 6.07 Å². The van der Waals surface area contributed by atoms with E-state index in [0.29, 0.717) is 12.0 Å². The topological polar surface area (TPSA) is 70.0 Å². The summed E-state index contributed by atoms with van der Waals surface area (Å²) < 4.78 is 0. The molecule has 0 aliphatic carbocycles. The van der Waals surface area contributed by atoms with Gasteiger partial charge in [0.05, 0.1) is 17.7 Å². The first-order valence-electron chi connectivity index (χ1n) is 5.06. The monoisotopic (exact) mass is 204 g/mol. The van der Waals surface area contributed by atoms with Crippen molar-refractivity contribution in [3.63, 3.8) is 0 Å². The van der Waals surface area contributed by atoms with Gasteiger partial charge in [-0.05, 0) is 37.5 Å². The van der Waals surface area contributed by atoms with E-state index in [1.807, 2.05) is 12.1 Å². The number of aryl methyl sites for hydroxylation is 1. The van der Waals surface area contributed by atoms with Crippen LogP contribution in [0.15, 0.2) is 24.3 Å². The van der Waals surface area contributed by atoms with E-state index in [1.165, 1.54) is 0 Å². The minimum absolute atomic E-state index is 0.191. The Morgan fingerprint density at radius 3 is 2.47 bits per heavy atom. The predicted molar refractivity (Wildman–Crippen MR) is 59.1 cm³/mol. The van der Waals surface area contributed by atoms with E-state index in [0.717, 1.165) is 12.0 Å². The molecule has 1 rings (SSSR count). The van der Waals surface area contributed by atoms with Crippen LogP contribution in [0.3, 0.4) is 0 Å². The van der Waals surface area contributed by atoms with Gasteiger partial charge in [-0.15, -0.1) is 0 Å². The van der Waals surface area contributed by atoms with Crippen LogP contribution in [0, 0.1) is 11.3 Å². The van der Waals surface area contributed by atoms with Crippen LogP contribution in [0.1, 0.15) is 24.5 Å². The van der Waals surface area contributed by atoms with Crippen molar-refractivity contribution < 1.29 is 5.11 Å². The molecule has 0 saturated carbocycles. The second-order valence-electron chi connectivity index (χ2n) is 3.77. The number of aliphatic hydroxyl groups excluding tert-OH is 1. The summed E-state index contributed by atoms with van der Waals surface area (Å²) in [6.45, 7) is 1.80. The average Bonchev–Trinajstić information content (AvgIpc) is 2.26. The lowest BCUT2D eigenvalue weighted by Gasteiger charge is -2.13. The Bertz CT molecular complexity index is 338. The van der Waals surface area contributed by atoms with E-state index in [1.54, 1.807) is 19.1 Å². The number of aliphatic hydroxyl groups is 1. The maximum atomic E-state index is 9.51. The third-order valence-electron chi connectivity index (χ3n) is 2.42. The molecule has 0 spiro atoms. The fraction of sp³-hybridized carbons (Fsp3) is 0.417. The fourth-order valence-electron chi connectivity index (χ4n) is 1.32. The molecule has 0 aromatic heterocycles. The Labute approximate surface area is 90.1 Å². The fourth-order valence-corrected chi connectivity index (χ4v) is 1.32. The molecule has 0 aliphatic rings. The van der Waals surface area contributed by atoms with Gasteiger partial charge in [0.25, 0.3) is 0 Å². The standard InChI is InChI=1S/C12H16N2O/c1-9(14)12(15)7-6-10-2-4-11(8-13)5-3-10/h2-5,9,12,15H,6-7,14H2,1H3. The number of rotatable bonds is 4. The second kappa shape index (κ2) is 5.50. The van der Waals surface area contributed by atoms with Crippen molar-refractivity contribution in [1.82, 2.24) is 0 Å². The first-order valence-corrected chi connectivity index (χ1v) is 5.06. The van der Waals surface area contributed by atoms with Crippen LogP contribution in [0.2, 0.25) is 0 Å². The van der Waals surface area contributed by atoms with Crippen molar-refractivity contribution in [3.05, 3.63) is 35.4 Å². The number of hydrogen-bond donors (Lipinski definition) is 2. The minimum atomic E-state index is -0.458. The Morgan fingerprint density at radius 2 is 2.00 bits per heavy atom. The van der Waals surface area contributed by atoms with Crippen LogP contribution in [0.4, 0.5) is 0 Å². The Morgan fingerprint density at radius 1 is 1.40 bits per heavy atom. The first kappa shape index (κ1) is 11.7. The summed E-state index contributed by atoms with van der Waals surface area (Å²) in [5.41, 5.74) is 7.33. The number of nitrogens with zero attached hydrogens (tertiary/aromatic N) is 1. The van der Waals surface area contributed by atoms with Gasteiger partial charge in [0.1, 0.15) is 0 Å². The third kappa shape index (κ3) is 3.70. The molecular formula is C12H16N2O. The van der Waals surface area contributed by atoms with Crippen molar-refractivity contribution in [3.8, 4) is 6.07 Å². The number of nitriles is 1. The van der Waals surface area contributed by atoms with E-state index in [9.17, 15) is 5.11 Å². The molecule has 0 saturated heterocycles. The molecule has 1 aromatic rings. The summed E-state index contributed by atoms with van der Waals surface area (Å²) >= 11 is 0. The molecule has 0 fully saturated rings. The van der Waals surface area contributed by atoms with Gasteiger partial charge in [-0.2, -0.15) is 5.26 Å². The summed E-state index contributed by atoms with van der Waals surface area (Å²) in [5.74, 6) is 0. The van der Waals surface area contributed by atoms with Gasteiger partial charge in [0.2, 0.25) is 0 Å². The highest BCUT2D eigenvalue weighted by atomic mass is 16.3. The van der Waals surface area contributed by atoms with Gasteiger partial charge in [-0.1, -0.05) is 12.1 Å². The molecule has 2 atom stereocenters. The van der Waals surface area contributed by atoms with Crippen molar-refractivity contribution >= 4 is 0 Å². The molecule has 0 radical (unpaired) electrons. The SMILES string of the molecule is CC(N)C(O)CCc1ccc(C#N)cc1. The maximum absolute atomic E-state index is 9.51. The van der Waals surface area contributed by atoms with Crippen LogP contribution in [0.5, 0.6) is 0 Å². The predicted octanol–water partition coefficient (Wildman–Crippen LogP) is 1.20. The largest absolute Gasteiger partial charge is 0.392 e. The molecule has 3 heteroatoms. The molecule has 2 unspecified atom stereocenters. The van der Waals surface area contributed by atoms with E-state index in [-0.39, 0.29) is 6.04 Å². The molecular weight excluding hydrogens is 188 g/mol. The number of benzene rings is 1. The Kier molecular flexibility index (Phi) is 4.29. The van der Waals surface area contributed by atoms with Gasteiger partial charge in [0, 0.05) is 6.04 Å². The number of nitrogens with two attached hydrogens (primary N) is 1. The zero-order valence-corrected chi connectivity index (χ0v) is 8.85. The first-order chi connectivity index (χ1) is 7.13. The quantitative estimate of drug-likeness (QED) is 0.774. The summed E-state index contributed by atoms with van der Waals surface area (Å²) in [4.78, 5) is 0. The minimum Gasteiger partial charge on any atom is -0.392 e. The molecule has 0 aliphatic heterocycles. The van der Waals surface area contributed by atoms with E-state index in [4.69, 9.17) is 11.0 Å². The van der Waals surface area contributed by atoms with Crippen molar-refractivity contribution in [1.29, 1.82) is 5.26 Å². The summed E-state index contributed by atoms with van der Waals surface area (Å²) in [6, 6.07) is 9.27. The average molecular weight is 204 g/mol. The van der Waals surface area contributed by atoms with Gasteiger partial charge >= 0.3 is 0 Å². The van der Waals surface area contributed by atoms with Gasteiger partial charge in [-0.25, -0.2) is 0 Å². The normalized spacial score (nSPS) is 14.3. The Balaban J connectivity index is 2.48. The van der Waals surface area contributed by atoms with Crippen molar-refractivity contribution in [2.75, 3.05) is 0 Å². The van der Waals surface area contributed by atoms with Gasteiger partial charge in [-0.3, -0.25) is 0 Å². The zero-order chi connectivity index (χ0) is 11.3. The summed E-state index contributed by atoms with van der Waals surface area (Å²) in [5, 5.41) is 18.1. The highest BCUT2D eigenvalue weighted by Crippen LogP contribution is 2.08. The van der Waals surface area contributed by atoms with E-state index >= 15 is 0 Å². The zero-order valence-electron chi connectivity index (χ0n) is 8.85.